The van der Waals surface area contributed by atoms with Crippen molar-refractivity contribution in [2.75, 3.05) is 25.4 Å². The third kappa shape index (κ3) is 4.84. The quantitative estimate of drug-likeness (QED) is 0.876. The average Bonchev–Trinajstić information content (AvgIpc) is 2.49. The Balaban J connectivity index is 1.71. The highest BCUT2D eigenvalue weighted by atomic mass is 32.2. The number of rotatable bonds is 6. The molecule has 1 atom stereocenters. The summed E-state index contributed by atoms with van der Waals surface area (Å²) >= 11 is 1.68. The minimum Gasteiger partial charge on any atom is -0.396 e. The average molecular weight is 293 g/mol. The lowest BCUT2D eigenvalue weighted by atomic mass is 9.95. The first kappa shape index (κ1) is 15.4. The second-order valence-electron chi connectivity index (χ2n) is 5.34. The molecule has 1 aliphatic heterocycles. The maximum atomic E-state index is 12.2. The van der Waals surface area contributed by atoms with Crippen LogP contribution in [-0.4, -0.2) is 41.4 Å². The number of benzene rings is 1. The Morgan fingerprint density at radius 3 is 2.90 bits per heavy atom. The van der Waals surface area contributed by atoms with Crippen LogP contribution >= 0.6 is 11.8 Å². The van der Waals surface area contributed by atoms with E-state index in [1.807, 2.05) is 23.1 Å². The van der Waals surface area contributed by atoms with Gasteiger partial charge in [-0.1, -0.05) is 30.3 Å². The van der Waals surface area contributed by atoms with Crippen molar-refractivity contribution in [3.63, 3.8) is 0 Å². The number of amides is 1. The van der Waals surface area contributed by atoms with E-state index in [0.29, 0.717) is 11.7 Å². The van der Waals surface area contributed by atoms with Crippen molar-refractivity contribution in [2.45, 2.75) is 25.0 Å². The molecule has 1 aliphatic rings. The molecule has 1 aromatic carbocycles. The van der Waals surface area contributed by atoms with Crippen LogP contribution in [0.2, 0.25) is 0 Å². The SMILES string of the molecule is O=C(CSCc1ccccc1)N1CCCC(CCO)C1. The first-order chi connectivity index (χ1) is 9.79. The van der Waals surface area contributed by atoms with Crippen molar-refractivity contribution in [1.29, 1.82) is 0 Å². The van der Waals surface area contributed by atoms with Crippen LogP contribution in [0.15, 0.2) is 30.3 Å². The minimum absolute atomic E-state index is 0.232. The highest BCUT2D eigenvalue weighted by molar-refractivity contribution is 7.99. The van der Waals surface area contributed by atoms with Gasteiger partial charge in [0.15, 0.2) is 0 Å². The Morgan fingerprint density at radius 2 is 2.15 bits per heavy atom. The molecule has 0 bridgehead atoms. The van der Waals surface area contributed by atoms with Crippen molar-refractivity contribution in [3.05, 3.63) is 35.9 Å². The Labute approximate surface area is 125 Å². The first-order valence-corrected chi connectivity index (χ1v) is 8.45. The van der Waals surface area contributed by atoms with Gasteiger partial charge in [0, 0.05) is 25.4 Å². The second kappa shape index (κ2) is 8.32. The number of aliphatic hydroxyl groups excluding tert-OH is 1. The van der Waals surface area contributed by atoms with Gasteiger partial charge in [0.05, 0.1) is 5.75 Å². The Kier molecular flexibility index (Phi) is 6.40. The molecule has 0 saturated carbocycles. The van der Waals surface area contributed by atoms with E-state index in [4.69, 9.17) is 5.11 Å². The Morgan fingerprint density at radius 1 is 1.35 bits per heavy atom. The topological polar surface area (TPSA) is 40.5 Å². The molecule has 1 N–H and O–H groups in total. The third-order valence-corrected chi connectivity index (χ3v) is 4.73. The van der Waals surface area contributed by atoms with E-state index in [1.54, 1.807) is 11.8 Å². The predicted molar refractivity (Wildman–Crippen MR) is 83.6 cm³/mol. The molecular weight excluding hydrogens is 270 g/mol. The van der Waals surface area contributed by atoms with Gasteiger partial charge >= 0.3 is 0 Å². The molecule has 1 amide bonds. The molecule has 1 saturated heterocycles. The van der Waals surface area contributed by atoms with Crippen LogP contribution in [0.5, 0.6) is 0 Å². The van der Waals surface area contributed by atoms with E-state index in [0.717, 1.165) is 38.1 Å². The molecule has 110 valence electrons. The Hall–Kier alpha value is -1.00. The number of hydrogen-bond donors (Lipinski definition) is 1. The molecular formula is C16H23NO2S. The monoisotopic (exact) mass is 293 g/mol. The first-order valence-electron chi connectivity index (χ1n) is 7.30. The van der Waals surface area contributed by atoms with Crippen LogP contribution in [0, 0.1) is 5.92 Å². The maximum Gasteiger partial charge on any atom is 0.232 e. The zero-order valence-electron chi connectivity index (χ0n) is 11.8. The smallest absolute Gasteiger partial charge is 0.232 e. The summed E-state index contributed by atoms with van der Waals surface area (Å²) in [5.74, 6) is 2.17. The molecule has 0 spiro atoms. The zero-order valence-corrected chi connectivity index (χ0v) is 12.6. The van der Waals surface area contributed by atoms with Crippen LogP contribution < -0.4 is 0 Å². The largest absolute Gasteiger partial charge is 0.396 e. The zero-order chi connectivity index (χ0) is 14.2. The van der Waals surface area contributed by atoms with Gasteiger partial charge in [-0.05, 0) is 30.7 Å². The molecule has 0 aliphatic carbocycles. The van der Waals surface area contributed by atoms with E-state index >= 15 is 0 Å². The summed E-state index contributed by atoms with van der Waals surface area (Å²) in [6.07, 6.45) is 3.03. The molecule has 1 fully saturated rings. The van der Waals surface area contributed by atoms with Crippen molar-refractivity contribution in [2.24, 2.45) is 5.92 Å². The van der Waals surface area contributed by atoms with Crippen molar-refractivity contribution in [3.8, 4) is 0 Å². The van der Waals surface area contributed by atoms with Crippen molar-refractivity contribution < 1.29 is 9.90 Å². The maximum absolute atomic E-state index is 12.2. The summed E-state index contributed by atoms with van der Waals surface area (Å²) < 4.78 is 0. The van der Waals surface area contributed by atoms with Crippen molar-refractivity contribution in [1.82, 2.24) is 4.90 Å². The number of likely N-dealkylation sites (tertiary alicyclic amines) is 1. The van der Waals surface area contributed by atoms with E-state index in [2.05, 4.69) is 12.1 Å². The molecule has 0 aromatic heterocycles. The molecule has 1 heterocycles. The summed E-state index contributed by atoms with van der Waals surface area (Å²) in [6, 6.07) is 10.3. The fraction of sp³-hybridized carbons (Fsp3) is 0.562. The van der Waals surface area contributed by atoms with Crippen LogP contribution in [0.1, 0.15) is 24.8 Å². The molecule has 3 nitrogen and oxygen atoms in total. The van der Waals surface area contributed by atoms with Gasteiger partial charge in [-0.2, -0.15) is 0 Å². The molecule has 1 aromatic rings. The van der Waals surface area contributed by atoms with Crippen LogP contribution in [0.25, 0.3) is 0 Å². The minimum atomic E-state index is 0.232. The molecule has 2 rings (SSSR count). The van der Waals surface area contributed by atoms with Crippen molar-refractivity contribution >= 4 is 17.7 Å². The fourth-order valence-electron chi connectivity index (χ4n) is 2.63. The van der Waals surface area contributed by atoms with Gasteiger partial charge in [0.1, 0.15) is 0 Å². The van der Waals surface area contributed by atoms with Crippen LogP contribution in [-0.2, 0) is 10.5 Å². The van der Waals surface area contributed by atoms with Gasteiger partial charge in [-0.3, -0.25) is 4.79 Å². The molecule has 20 heavy (non-hydrogen) atoms. The summed E-state index contributed by atoms with van der Waals surface area (Å²) in [5.41, 5.74) is 1.27. The fourth-order valence-corrected chi connectivity index (χ4v) is 3.52. The lowest BCUT2D eigenvalue weighted by Gasteiger charge is -2.32. The Bertz CT molecular complexity index is 408. The highest BCUT2D eigenvalue weighted by Crippen LogP contribution is 2.20. The molecule has 0 radical (unpaired) electrons. The highest BCUT2D eigenvalue weighted by Gasteiger charge is 2.22. The van der Waals surface area contributed by atoms with Gasteiger partial charge < -0.3 is 10.0 Å². The van der Waals surface area contributed by atoms with Gasteiger partial charge in [0.25, 0.3) is 0 Å². The van der Waals surface area contributed by atoms with Gasteiger partial charge in [-0.15, -0.1) is 11.8 Å². The normalized spacial score (nSPS) is 19.1. The predicted octanol–water partition coefficient (Wildman–Crippen LogP) is 2.54. The second-order valence-corrected chi connectivity index (χ2v) is 6.32. The van der Waals surface area contributed by atoms with Crippen LogP contribution in [0.4, 0.5) is 0 Å². The standard InChI is InChI=1S/C16H23NO2S/c18-10-8-14-7-4-9-17(11-14)16(19)13-20-12-15-5-2-1-3-6-15/h1-3,5-6,14,18H,4,7-13H2. The number of carbonyl (C=O) groups excluding carboxylic acids is 1. The van der Waals surface area contributed by atoms with E-state index in [-0.39, 0.29) is 12.5 Å². The lowest BCUT2D eigenvalue weighted by Crippen LogP contribution is -2.41. The van der Waals surface area contributed by atoms with E-state index < -0.39 is 0 Å². The summed E-state index contributed by atoms with van der Waals surface area (Å²) in [6.45, 7) is 1.94. The van der Waals surface area contributed by atoms with Gasteiger partial charge in [0.2, 0.25) is 5.91 Å². The number of nitrogens with zero attached hydrogens (tertiary/aromatic N) is 1. The molecule has 4 heteroatoms. The number of aliphatic hydroxyl groups is 1. The van der Waals surface area contributed by atoms with Gasteiger partial charge in [-0.25, -0.2) is 0 Å². The summed E-state index contributed by atoms with van der Waals surface area (Å²) in [7, 11) is 0. The number of thioether (sulfide) groups is 1. The van der Waals surface area contributed by atoms with E-state index in [9.17, 15) is 4.79 Å². The number of carbonyl (C=O) groups is 1. The van der Waals surface area contributed by atoms with Crippen LogP contribution in [0.3, 0.4) is 0 Å². The molecule has 1 unspecified atom stereocenters. The number of piperidine rings is 1. The summed E-state index contributed by atoms with van der Waals surface area (Å²) in [5, 5.41) is 9.00. The van der Waals surface area contributed by atoms with E-state index in [1.165, 1.54) is 5.56 Å². The summed E-state index contributed by atoms with van der Waals surface area (Å²) in [4.78, 5) is 14.2. The third-order valence-electron chi connectivity index (χ3n) is 3.75. The number of hydrogen-bond acceptors (Lipinski definition) is 3. The lowest BCUT2D eigenvalue weighted by molar-refractivity contribution is -0.130.